The Morgan fingerprint density at radius 3 is 2.24 bits per heavy atom. The molecule has 38 heavy (non-hydrogen) atoms. The monoisotopic (exact) mass is 505 g/mol. The van der Waals surface area contributed by atoms with Gasteiger partial charge in [-0.1, -0.05) is 144 Å². The lowest BCUT2D eigenvalue weighted by Crippen LogP contribution is -2.22. The zero-order valence-electron chi connectivity index (χ0n) is 24.3. The number of hydrogen-bond acceptors (Lipinski definition) is 1. The number of fused-ring (bicyclic) bond motifs is 2. The number of nitrogens with zero attached hydrogens (tertiary/aromatic N) is 1. The van der Waals surface area contributed by atoms with Crippen LogP contribution in [0.1, 0.15) is 108 Å². The second-order valence-electron chi connectivity index (χ2n) is 12.1. The van der Waals surface area contributed by atoms with Gasteiger partial charge in [0.2, 0.25) is 0 Å². The molecule has 2 aromatic carbocycles. The minimum Gasteiger partial charge on any atom is -0.276 e. The maximum atomic E-state index is 5.40. The molecule has 0 amide bonds. The molecule has 0 radical (unpaired) electrons. The average molecular weight is 506 g/mol. The highest BCUT2D eigenvalue weighted by atomic mass is 14.8. The van der Waals surface area contributed by atoms with E-state index < -0.39 is 0 Å². The minimum absolute atomic E-state index is 0.184. The van der Waals surface area contributed by atoms with Crippen LogP contribution in [0, 0.1) is 11.3 Å². The van der Waals surface area contributed by atoms with Gasteiger partial charge in [-0.2, -0.15) is 0 Å². The molecule has 0 heterocycles. The molecular formula is C37H47N. The van der Waals surface area contributed by atoms with Crippen molar-refractivity contribution in [3.05, 3.63) is 119 Å². The van der Waals surface area contributed by atoms with Crippen molar-refractivity contribution in [1.82, 2.24) is 0 Å². The van der Waals surface area contributed by atoms with Crippen LogP contribution in [0.15, 0.2) is 102 Å². The van der Waals surface area contributed by atoms with Crippen LogP contribution in [0.5, 0.6) is 0 Å². The van der Waals surface area contributed by atoms with E-state index in [9.17, 15) is 0 Å². The maximum absolute atomic E-state index is 5.40. The third kappa shape index (κ3) is 6.73. The second-order valence-corrected chi connectivity index (χ2v) is 12.1. The van der Waals surface area contributed by atoms with Gasteiger partial charge in [0.15, 0.2) is 0 Å². The van der Waals surface area contributed by atoms with Crippen LogP contribution in [0.3, 0.4) is 0 Å². The van der Waals surface area contributed by atoms with Crippen LogP contribution in [-0.4, -0.2) is 11.8 Å². The van der Waals surface area contributed by atoms with Crippen molar-refractivity contribution in [2.45, 2.75) is 91.5 Å². The summed E-state index contributed by atoms with van der Waals surface area (Å²) < 4.78 is 0. The van der Waals surface area contributed by atoms with E-state index in [1.807, 2.05) is 0 Å². The van der Waals surface area contributed by atoms with Crippen LogP contribution in [0.2, 0.25) is 0 Å². The number of allylic oxidation sites excluding steroid dienone is 5. The van der Waals surface area contributed by atoms with Crippen molar-refractivity contribution < 1.29 is 0 Å². The van der Waals surface area contributed by atoms with Gasteiger partial charge in [0, 0.05) is 17.0 Å². The topological polar surface area (TPSA) is 12.4 Å². The van der Waals surface area contributed by atoms with E-state index in [1.54, 1.807) is 0 Å². The molecule has 0 spiro atoms. The molecule has 1 nitrogen and oxygen atoms in total. The smallest absolute Gasteiger partial charge is 0.0732 e. The Labute approximate surface area is 232 Å². The molecule has 2 aliphatic rings. The van der Waals surface area contributed by atoms with E-state index in [1.165, 1.54) is 52.7 Å². The number of hydrogen-bond donors (Lipinski definition) is 0. The van der Waals surface area contributed by atoms with Crippen molar-refractivity contribution in [3.8, 4) is 0 Å². The molecule has 4 rings (SSSR count). The van der Waals surface area contributed by atoms with Gasteiger partial charge in [0.1, 0.15) is 0 Å². The third-order valence-corrected chi connectivity index (χ3v) is 8.49. The quantitative estimate of drug-likeness (QED) is 0.269. The molecule has 0 aliphatic heterocycles. The van der Waals surface area contributed by atoms with Crippen LogP contribution in [0.25, 0.3) is 0 Å². The molecule has 0 fully saturated rings. The van der Waals surface area contributed by atoms with E-state index >= 15 is 0 Å². The standard InChI is InChI=1S/C37H47N/c1-7-23-37(5,6)24-22-29-18-20-30(21-19-29)38-36-33-16-12-10-14-31(33)35(32-15-11-13-17-34(32)36)26-28(9-3)25-27(4)8-2/h9-20,25,27,30,35H,3,7-8,21-24,26H2,1-2,4-6H3/b28-25+,38-36?. The molecule has 0 aromatic heterocycles. The van der Waals surface area contributed by atoms with Crippen molar-refractivity contribution in [2.24, 2.45) is 16.3 Å². The molecule has 0 N–H and O–H groups in total. The molecule has 2 aliphatic carbocycles. The summed E-state index contributed by atoms with van der Waals surface area (Å²) in [6.07, 6.45) is 19.6. The van der Waals surface area contributed by atoms with Gasteiger partial charge in [-0.3, -0.25) is 4.99 Å². The highest BCUT2D eigenvalue weighted by molar-refractivity contribution is 6.16. The number of benzene rings is 2. The van der Waals surface area contributed by atoms with Gasteiger partial charge in [-0.15, -0.1) is 0 Å². The summed E-state index contributed by atoms with van der Waals surface area (Å²) in [6.45, 7) is 15.8. The van der Waals surface area contributed by atoms with Gasteiger partial charge < -0.3 is 0 Å². The zero-order chi connectivity index (χ0) is 27.1. The van der Waals surface area contributed by atoms with Gasteiger partial charge in [-0.05, 0) is 54.6 Å². The lowest BCUT2D eigenvalue weighted by Gasteiger charge is -2.31. The predicted octanol–water partition coefficient (Wildman–Crippen LogP) is 10.4. The average Bonchev–Trinajstić information content (AvgIpc) is 2.93. The summed E-state index contributed by atoms with van der Waals surface area (Å²) in [5.74, 6) is 0.873. The van der Waals surface area contributed by atoms with Crippen molar-refractivity contribution in [3.63, 3.8) is 0 Å². The van der Waals surface area contributed by atoms with Crippen LogP contribution >= 0.6 is 0 Å². The molecule has 2 aromatic rings. The second kappa shape index (κ2) is 12.7. The Balaban J connectivity index is 1.61. The fourth-order valence-corrected chi connectivity index (χ4v) is 6.03. The van der Waals surface area contributed by atoms with Crippen LogP contribution < -0.4 is 0 Å². The fourth-order valence-electron chi connectivity index (χ4n) is 6.03. The summed E-state index contributed by atoms with van der Waals surface area (Å²) in [6, 6.07) is 18.0. The van der Waals surface area contributed by atoms with E-state index in [-0.39, 0.29) is 6.04 Å². The van der Waals surface area contributed by atoms with Crippen LogP contribution in [-0.2, 0) is 0 Å². The molecule has 0 saturated carbocycles. The lowest BCUT2D eigenvalue weighted by molar-refractivity contribution is 0.305. The van der Waals surface area contributed by atoms with E-state index in [0.29, 0.717) is 17.3 Å². The van der Waals surface area contributed by atoms with Crippen molar-refractivity contribution in [1.29, 1.82) is 0 Å². The Kier molecular flexibility index (Phi) is 9.42. The van der Waals surface area contributed by atoms with E-state index in [0.717, 1.165) is 31.4 Å². The van der Waals surface area contributed by atoms with Crippen molar-refractivity contribution in [2.75, 3.05) is 0 Å². The molecule has 0 bridgehead atoms. The Bertz CT molecular complexity index is 1190. The van der Waals surface area contributed by atoms with Gasteiger partial charge >= 0.3 is 0 Å². The molecule has 1 heteroatoms. The summed E-state index contributed by atoms with van der Waals surface area (Å²) in [4.78, 5) is 5.40. The highest BCUT2D eigenvalue weighted by Crippen LogP contribution is 2.41. The molecule has 0 saturated heterocycles. The van der Waals surface area contributed by atoms with Crippen molar-refractivity contribution >= 4 is 5.71 Å². The Morgan fingerprint density at radius 1 is 1.03 bits per heavy atom. The Morgan fingerprint density at radius 2 is 1.68 bits per heavy atom. The minimum atomic E-state index is 0.184. The normalized spacial score (nSPS) is 19.9. The molecule has 2 atom stereocenters. The van der Waals surface area contributed by atoms with Crippen LogP contribution in [0.4, 0.5) is 0 Å². The molecule has 2 unspecified atom stereocenters. The summed E-state index contributed by atoms with van der Waals surface area (Å²) in [5, 5.41) is 0. The first-order chi connectivity index (χ1) is 18.3. The number of rotatable bonds is 11. The first-order valence-corrected chi connectivity index (χ1v) is 14.8. The first kappa shape index (κ1) is 28.1. The highest BCUT2D eigenvalue weighted by Gasteiger charge is 2.30. The SMILES string of the molecule is C=C/C(=C\C(C)CC)CC1c2ccccc2C(=NC2C=CC(CCC(C)(C)CCC)=CC2)c2ccccc21. The Hall–Kier alpha value is -2.93. The largest absolute Gasteiger partial charge is 0.276 e. The summed E-state index contributed by atoms with van der Waals surface area (Å²) >= 11 is 0. The summed E-state index contributed by atoms with van der Waals surface area (Å²) in [5.41, 5.74) is 9.72. The zero-order valence-corrected chi connectivity index (χ0v) is 24.3. The first-order valence-electron chi connectivity index (χ1n) is 14.8. The molecular weight excluding hydrogens is 458 g/mol. The lowest BCUT2D eigenvalue weighted by atomic mass is 9.74. The van der Waals surface area contributed by atoms with Gasteiger partial charge in [0.25, 0.3) is 0 Å². The fraction of sp³-hybridized carbons (Fsp3) is 0.432. The predicted molar refractivity (Wildman–Crippen MR) is 166 cm³/mol. The third-order valence-electron chi connectivity index (χ3n) is 8.49. The van der Waals surface area contributed by atoms with E-state index in [2.05, 4.69) is 120 Å². The molecule has 200 valence electrons. The van der Waals surface area contributed by atoms with Gasteiger partial charge in [-0.25, -0.2) is 0 Å². The maximum Gasteiger partial charge on any atom is 0.0732 e. The summed E-state index contributed by atoms with van der Waals surface area (Å²) in [7, 11) is 0. The van der Waals surface area contributed by atoms with E-state index in [4.69, 9.17) is 4.99 Å². The van der Waals surface area contributed by atoms with Gasteiger partial charge in [0.05, 0.1) is 11.8 Å². The number of aliphatic imine (C=N–C) groups is 1.